The molecule has 0 N–H and O–H groups in total. The van der Waals surface area contributed by atoms with Crippen molar-refractivity contribution in [2.75, 3.05) is 7.11 Å². The van der Waals surface area contributed by atoms with Crippen LogP contribution in [0, 0.1) is 0 Å². The van der Waals surface area contributed by atoms with Gasteiger partial charge >= 0.3 is 11.9 Å². The van der Waals surface area contributed by atoms with Gasteiger partial charge in [-0.05, 0) is 37.8 Å². The zero-order valence-electron chi connectivity index (χ0n) is 17.2. The van der Waals surface area contributed by atoms with Crippen molar-refractivity contribution in [3.8, 4) is 0 Å². The number of unbranched alkanes of at least 4 members (excludes halogenated alkanes) is 4. The van der Waals surface area contributed by atoms with Crippen LogP contribution in [-0.2, 0) is 23.9 Å². The van der Waals surface area contributed by atoms with Gasteiger partial charge in [0.1, 0.15) is 0 Å². The lowest BCUT2D eigenvalue weighted by Crippen LogP contribution is -2.33. The first-order chi connectivity index (χ1) is 13.4. The largest absolute Gasteiger partial charge is 0.469 e. The third-order valence-electron chi connectivity index (χ3n) is 4.49. The Hall–Kier alpha value is -2.43. The predicted octanol–water partition coefficient (Wildman–Crippen LogP) is 4.78. The third kappa shape index (κ3) is 8.07. The average molecular weight is 389 g/mol. The molecule has 154 valence electrons. The number of rotatable bonds is 12. The maximum Gasteiger partial charge on any atom is 0.305 e. The number of methoxy groups -OCH3 is 1. The molecule has 0 radical (unpaired) electrons. The standard InChI is InChI=1S/C23H32O5/c1-4-5-6-7-10-13-17-23(28-19(2)24)18-16-21(25)20(23)14-11-8-9-12-15-22(26)27-3/h8,10-11,13-14,16,18H,4-7,9,12,15,17H2,1-3H3. The van der Waals surface area contributed by atoms with Gasteiger partial charge in [-0.1, -0.05) is 50.1 Å². The summed E-state index contributed by atoms with van der Waals surface area (Å²) in [5.41, 5.74) is -0.592. The molecule has 5 nitrogen and oxygen atoms in total. The molecule has 1 aliphatic carbocycles. The summed E-state index contributed by atoms with van der Waals surface area (Å²) in [5.74, 6) is -0.812. The first-order valence-electron chi connectivity index (χ1n) is 9.97. The van der Waals surface area contributed by atoms with Crippen LogP contribution in [0.3, 0.4) is 0 Å². The molecular weight excluding hydrogens is 356 g/mol. The summed E-state index contributed by atoms with van der Waals surface area (Å²) in [5, 5.41) is 0. The van der Waals surface area contributed by atoms with E-state index in [1.165, 1.54) is 33.0 Å². The molecule has 1 atom stereocenters. The molecule has 0 saturated heterocycles. The molecule has 0 aromatic rings. The van der Waals surface area contributed by atoms with Crippen LogP contribution in [0.4, 0.5) is 0 Å². The average Bonchev–Trinajstić information content (AvgIpc) is 2.96. The van der Waals surface area contributed by atoms with Gasteiger partial charge in [0, 0.05) is 25.3 Å². The smallest absolute Gasteiger partial charge is 0.305 e. The minimum Gasteiger partial charge on any atom is -0.469 e. The normalized spacial score (nSPS) is 20.5. The Kier molecular flexibility index (Phi) is 10.8. The topological polar surface area (TPSA) is 69.7 Å². The molecule has 1 aliphatic rings. The van der Waals surface area contributed by atoms with E-state index in [0.717, 1.165) is 12.8 Å². The fraction of sp³-hybridized carbons (Fsp3) is 0.522. The lowest BCUT2D eigenvalue weighted by atomic mass is 9.91. The Balaban J connectivity index is 2.79. The number of hydrogen-bond donors (Lipinski definition) is 0. The van der Waals surface area contributed by atoms with Crippen LogP contribution in [0.5, 0.6) is 0 Å². The number of carbonyl (C=O) groups is 3. The zero-order valence-corrected chi connectivity index (χ0v) is 17.2. The van der Waals surface area contributed by atoms with Gasteiger partial charge in [0.2, 0.25) is 0 Å². The number of allylic oxidation sites excluding steroid dienone is 5. The zero-order chi connectivity index (χ0) is 20.8. The number of carbonyl (C=O) groups excluding carboxylic acids is 3. The van der Waals surface area contributed by atoms with Gasteiger partial charge in [-0.15, -0.1) is 0 Å². The molecule has 0 aliphatic heterocycles. The van der Waals surface area contributed by atoms with Crippen molar-refractivity contribution < 1.29 is 23.9 Å². The van der Waals surface area contributed by atoms with Gasteiger partial charge in [-0.25, -0.2) is 0 Å². The van der Waals surface area contributed by atoms with E-state index in [0.29, 0.717) is 31.3 Å². The van der Waals surface area contributed by atoms with Crippen molar-refractivity contribution >= 4 is 17.7 Å². The van der Waals surface area contributed by atoms with Gasteiger partial charge in [-0.2, -0.15) is 0 Å². The van der Waals surface area contributed by atoms with E-state index in [4.69, 9.17) is 4.74 Å². The summed E-state index contributed by atoms with van der Waals surface area (Å²) in [6.07, 6.45) is 19.2. The molecule has 0 fully saturated rings. The van der Waals surface area contributed by atoms with E-state index in [-0.39, 0.29) is 11.8 Å². The second-order valence-electron chi connectivity index (χ2n) is 6.83. The highest BCUT2D eigenvalue weighted by Crippen LogP contribution is 2.34. The Morgan fingerprint density at radius 2 is 1.86 bits per heavy atom. The van der Waals surface area contributed by atoms with E-state index >= 15 is 0 Å². The fourth-order valence-electron chi connectivity index (χ4n) is 3.00. The van der Waals surface area contributed by atoms with Crippen molar-refractivity contribution in [3.05, 3.63) is 48.1 Å². The van der Waals surface area contributed by atoms with E-state index in [2.05, 4.69) is 17.7 Å². The molecule has 0 amide bonds. The van der Waals surface area contributed by atoms with Gasteiger partial charge < -0.3 is 9.47 Å². The van der Waals surface area contributed by atoms with E-state index < -0.39 is 11.6 Å². The summed E-state index contributed by atoms with van der Waals surface area (Å²) >= 11 is 0. The number of ketones is 1. The van der Waals surface area contributed by atoms with Crippen molar-refractivity contribution in [3.63, 3.8) is 0 Å². The van der Waals surface area contributed by atoms with Crippen molar-refractivity contribution in [1.82, 2.24) is 0 Å². The van der Waals surface area contributed by atoms with Crippen LogP contribution in [0.1, 0.15) is 65.2 Å². The Morgan fingerprint density at radius 1 is 1.11 bits per heavy atom. The van der Waals surface area contributed by atoms with Gasteiger partial charge in [0.05, 0.1) is 7.11 Å². The minimum absolute atomic E-state index is 0.153. The lowest BCUT2D eigenvalue weighted by molar-refractivity contribution is -0.149. The Bertz CT molecular complexity index is 654. The first-order valence-corrected chi connectivity index (χ1v) is 9.97. The van der Waals surface area contributed by atoms with Crippen LogP contribution in [-0.4, -0.2) is 30.4 Å². The summed E-state index contributed by atoms with van der Waals surface area (Å²) in [7, 11) is 1.37. The lowest BCUT2D eigenvalue weighted by Gasteiger charge is -2.27. The molecular formula is C23H32O5. The monoisotopic (exact) mass is 388 g/mol. The van der Waals surface area contributed by atoms with Crippen molar-refractivity contribution in [2.45, 2.75) is 70.8 Å². The predicted molar refractivity (Wildman–Crippen MR) is 110 cm³/mol. The molecule has 1 rings (SSSR count). The molecule has 0 spiro atoms. The number of esters is 2. The van der Waals surface area contributed by atoms with Crippen LogP contribution in [0.25, 0.3) is 0 Å². The third-order valence-corrected chi connectivity index (χ3v) is 4.49. The molecule has 0 aromatic carbocycles. The minimum atomic E-state index is -1.04. The first kappa shape index (κ1) is 23.6. The van der Waals surface area contributed by atoms with E-state index in [1.54, 1.807) is 18.2 Å². The van der Waals surface area contributed by atoms with Crippen molar-refractivity contribution in [1.29, 1.82) is 0 Å². The highest BCUT2D eigenvalue weighted by atomic mass is 16.6. The molecule has 28 heavy (non-hydrogen) atoms. The molecule has 0 heterocycles. The summed E-state index contributed by atoms with van der Waals surface area (Å²) in [6.45, 7) is 3.51. The van der Waals surface area contributed by atoms with Crippen LogP contribution in [0.2, 0.25) is 0 Å². The SMILES string of the molecule is CCCCCC=CCC1(OC(C)=O)C=CC(=O)C1=CC=CCCCC(=O)OC. The van der Waals surface area contributed by atoms with E-state index in [1.807, 2.05) is 12.2 Å². The van der Waals surface area contributed by atoms with Gasteiger partial charge in [0.15, 0.2) is 11.4 Å². The van der Waals surface area contributed by atoms with Crippen LogP contribution < -0.4 is 0 Å². The summed E-state index contributed by atoms with van der Waals surface area (Å²) < 4.78 is 10.2. The highest BCUT2D eigenvalue weighted by Gasteiger charge is 2.41. The quantitative estimate of drug-likeness (QED) is 0.208. The molecule has 5 heteroatoms. The maximum atomic E-state index is 12.3. The molecule has 1 unspecified atom stereocenters. The molecule has 0 bridgehead atoms. The maximum absolute atomic E-state index is 12.3. The summed E-state index contributed by atoms with van der Waals surface area (Å²) in [4.78, 5) is 35.1. The van der Waals surface area contributed by atoms with Crippen LogP contribution >= 0.6 is 0 Å². The van der Waals surface area contributed by atoms with E-state index in [9.17, 15) is 14.4 Å². The van der Waals surface area contributed by atoms with Crippen molar-refractivity contribution in [2.24, 2.45) is 0 Å². The number of hydrogen-bond acceptors (Lipinski definition) is 5. The fourth-order valence-corrected chi connectivity index (χ4v) is 3.00. The molecule has 0 saturated carbocycles. The summed E-state index contributed by atoms with van der Waals surface area (Å²) in [6, 6.07) is 0. The van der Waals surface area contributed by atoms with Gasteiger partial charge in [0.25, 0.3) is 0 Å². The Labute approximate surface area is 168 Å². The second kappa shape index (κ2) is 12.9. The second-order valence-corrected chi connectivity index (χ2v) is 6.83. The highest BCUT2D eigenvalue weighted by molar-refractivity contribution is 6.09. The van der Waals surface area contributed by atoms with Crippen LogP contribution in [0.15, 0.2) is 48.1 Å². The van der Waals surface area contributed by atoms with Gasteiger partial charge in [-0.3, -0.25) is 14.4 Å². The Morgan fingerprint density at radius 3 is 2.54 bits per heavy atom. The molecule has 0 aromatic heterocycles. The number of ether oxygens (including phenoxy) is 2.